The average molecular weight is 345 g/mol. The van der Waals surface area contributed by atoms with Gasteiger partial charge in [-0.1, -0.05) is 68.5 Å². The van der Waals surface area contributed by atoms with Crippen LogP contribution in [0.2, 0.25) is 0 Å². The van der Waals surface area contributed by atoms with Crippen LogP contribution >= 0.6 is 0 Å². The molecule has 134 valence electrons. The zero-order valence-electron chi connectivity index (χ0n) is 15.6. The first kappa shape index (κ1) is 18.2. The maximum atomic E-state index is 6.68. The molecule has 2 aromatic rings. The zero-order valence-corrected chi connectivity index (χ0v) is 15.6. The predicted molar refractivity (Wildman–Crippen MR) is 111 cm³/mol. The van der Waals surface area contributed by atoms with Crippen molar-refractivity contribution in [2.75, 3.05) is 13.1 Å². The van der Waals surface area contributed by atoms with E-state index < -0.39 is 0 Å². The van der Waals surface area contributed by atoms with Gasteiger partial charge in [-0.15, -0.1) is 0 Å². The predicted octanol–water partition coefficient (Wildman–Crippen LogP) is 4.60. The van der Waals surface area contributed by atoms with Crippen LogP contribution in [-0.4, -0.2) is 18.8 Å². The number of nitrogens with two attached hydrogens (primary N) is 1. The van der Waals surface area contributed by atoms with Gasteiger partial charge in [0.25, 0.3) is 0 Å². The van der Waals surface area contributed by atoms with E-state index in [4.69, 9.17) is 10.7 Å². The number of hydrogen-bond acceptors (Lipinski definition) is 3. The molecule has 3 rings (SSSR count). The fraction of sp³-hybridized carbons (Fsp3) is 0.261. The number of para-hydroxylation sites is 1. The second-order valence-corrected chi connectivity index (χ2v) is 6.84. The molecule has 1 aliphatic heterocycles. The van der Waals surface area contributed by atoms with E-state index in [1.165, 1.54) is 5.57 Å². The third-order valence-corrected chi connectivity index (χ3v) is 4.54. The summed E-state index contributed by atoms with van der Waals surface area (Å²) < 4.78 is 0. The van der Waals surface area contributed by atoms with Gasteiger partial charge < -0.3 is 11.1 Å². The van der Waals surface area contributed by atoms with E-state index in [0.29, 0.717) is 0 Å². The molecule has 2 aromatic carbocycles. The lowest BCUT2D eigenvalue weighted by molar-refractivity contribution is 0.699. The highest BCUT2D eigenvalue weighted by Gasteiger charge is 2.20. The van der Waals surface area contributed by atoms with Crippen LogP contribution in [0.15, 0.2) is 88.6 Å². The number of rotatable bonds is 5. The first-order valence-electron chi connectivity index (χ1n) is 9.26. The first-order valence-corrected chi connectivity index (χ1v) is 9.26. The normalized spacial score (nSPS) is 16.3. The number of aliphatic imine (C=N–C) groups is 1. The Labute approximate surface area is 156 Å². The lowest BCUT2D eigenvalue weighted by atomic mass is 9.88. The van der Waals surface area contributed by atoms with Crippen molar-refractivity contribution in [2.45, 2.75) is 20.3 Å². The van der Waals surface area contributed by atoms with Crippen molar-refractivity contribution in [1.82, 2.24) is 5.32 Å². The van der Waals surface area contributed by atoms with Crippen molar-refractivity contribution < 1.29 is 0 Å². The van der Waals surface area contributed by atoms with Crippen LogP contribution in [0.4, 0.5) is 5.69 Å². The van der Waals surface area contributed by atoms with Gasteiger partial charge in [0.1, 0.15) is 0 Å². The summed E-state index contributed by atoms with van der Waals surface area (Å²) in [6, 6.07) is 20.4. The summed E-state index contributed by atoms with van der Waals surface area (Å²) in [6.45, 7) is 6.19. The molecule has 3 heteroatoms. The summed E-state index contributed by atoms with van der Waals surface area (Å²) in [7, 11) is 0. The third kappa shape index (κ3) is 4.30. The number of allylic oxidation sites excluding steroid dienone is 1. The van der Waals surface area contributed by atoms with Crippen LogP contribution in [0, 0.1) is 5.92 Å². The Hall–Kier alpha value is -2.65. The molecule has 3 nitrogen and oxygen atoms in total. The first-order chi connectivity index (χ1) is 12.7. The van der Waals surface area contributed by atoms with Crippen LogP contribution in [0.25, 0.3) is 0 Å². The van der Waals surface area contributed by atoms with Gasteiger partial charge in [-0.25, -0.2) is 4.99 Å². The molecule has 0 bridgehead atoms. The van der Waals surface area contributed by atoms with E-state index in [2.05, 4.69) is 37.4 Å². The molecule has 0 atom stereocenters. The summed E-state index contributed by atoms with van der Waals surface area (Å²) in [5, 5.41) is 3.42. The number of nitrogens with zero attached hydrogens (tertiary/aromatic N) is 1. The molecule has 0 aliphatic carbocycles. The second kappa shape index (κ2) is 8.63. The molecule has 0 saturated heterocycles. The van der Waals surface area contributed by atoms with E-state index in [0.717, 1.165) is 47.7 Å². The molecular formula is C23H27N3. The molecule has 0 saturated carbocycles. The summed E-state index contributed by atoms with van der Waals surface area (Å²) in [5.41, 5.74) is 12.8. The van der Waals surface area contributed by atoms with E-state index in [1.807, 2.05) is 48.5 Å². The maximum absolute atomic E-state index is 6.68. The minimum atomic E-state index is 0.264. The molecular weight excluding hydrogens is 318 g/mol. The van der Waals surface area contributed by atoms with Gasteiger partial charge >= 0.3 is 0 Å². The SMILES string of the molecule is CC(C)/C(C(=Nc1ccccc1)c1ccccc1)=C(/N)C1=CCCNC1. The third-order valence-electron chi connectivity index (χ3n) is 4.54. The largest absolute Gasteiger partial charge is 0.398 e. The molecule has 1 aliphatic rings. The minimum Gasteiger partial charge on any atom is -0.398 e. The Morgan fingerprint density at radius 2 is 1.65 bits per heavy atom. The molecule has 0 unspecified atom stereocenters. The Morgan fingerprint density at radius 1 is 1.00 bits per heavy atom. The highest BCUT2D eigenvalue weighted by Crippen LogP contribution is 2.26. The molecule has 0 fully saturated rings. The molecule has 3 N–H and O–H groups in total. The van der Waals surface area contributed by atoms with E-state index in [9.17, 15) is 0 Å². The van der Waals surface area contributed by atoms with Crippen LogP contribution in [0.1, 0.15) is 25.8 Å². The van der Waals surface area contributed by atoms with Crippen molar-refractivity contribution in [2.24, 2.45) is 16.6 Å². The minimum absolute atomic E-state index is 0.264. The van der Waals surface area contributed by atoms with Gasteiger partial charge in [0.05, 0.1) is 11.4 Å². The lowest BCUT2D eigenvalue weighted by Crippen LogP contribution is -2.27. The molecule has 26 heavy (non-hydrogen) atoms. The van der Waals surface area contributed by atoms with Crippen molar-refractivity contribution in [1.29, 1.82) is 0 Å². The molecule has 0 radical (unpaired) electrons. The van der Waals surface area contributed by atoms with Crippen molar-refractivity contribution in [3.63, 3.8) is 0 Å². The Balaban J connectivity index is 2.17. The highest BCUT2D eigenvalue weighted by molar-refractivity contribution is 6.14. The van der Waals surface area contributed by atoms with Crippen molar-refractivity contribution in [3.05, 3.63) is 89.1 Å². The molecule has 0 amide bonds. The van der Waals surface area contributed by atoms with Gasteiger partial charge in [0.15, 0.2) is 0 Å². The van der Waals surface area contributed by atoms with Gasteiger partial charge in [0, 0.05) is 23.4 Å². The van der Waals surface area contributed by atoms with Crippen molar-refractivity contribution in [3.8, 4) is 0 Å². The van der Waals surface area contributed by atoms with Crippen LogP contribution in [0.3, 0.4) is 0 Å². The van der Waals surface area contributed by atoms with Crippen molar-refractivity contribution >= 4 is 11.4 Å². The van der Waals surface area contributed by atoms with E-state index in [1.54, 1.807) is 0 Å². The average Bonchev–Trinajstić information content (AvgIpc) is 2.69. The van der Waals surface area contributed by atoms with E-state index >= 15 is 0 Å². The molecule has 1 heterocycles. The second-order valence-electron chi connectivity index (χ2n) is 6.84. The lowest BCUT2D eigenvalue weighted by Gasteiger charge is -2.22. The quantitative estimate of drug-likeness (QED) is 0.778. The summed E-state index contributed by atoms with van der Waals surface area (Å²) >= 11 is 0. The Bertz CT molecular complexity index is 815. The summed E-state index contributed by atoms with van der Waals surface area (Å²) in [5.74, 6) is 0.264. The number of nitrogens with one attached hydrogen (secondary N) is 1. The smallest absolute Gasteiger partial charge is 0.0764 e. The fourth-order valence-electron chi connectivity index (χ4n) is 3.24. The van der Waals surface area contributed by atoms with E-state index in [-0.39, 0.29) is 5.92 Å². The topological polar surface area (TPSA) is 50.4 Å². The molecule has 0 aromatic heterocycles. The van der Waals surface area contributed by atoms with Gasteiger partial charge in [-0.2, -0.15) is 0 Å². The summed E-state index contributed by atoms with van der Waals surface area (Å²) in [4.78, 5) is 5.00. The Morgan fingerprint density at radius 3 is 2.23 bits per heavy atom. The van der Waals surface area contributed by atoms with Crippen LogP contribution < -0.4 is 11.1 Å². The zero-order chi connectivity index (χ0) is 18.4. The van der Waals surface area contributed by atoms with Gasteiger partial charge in [0.2, 0.25) is 0 Å². The monoisotopic (exact) mass is 345 g/mol. The van der Waals surface area contributed by atoms with Gasteiger partial charge in [-0.3, -0.25) is 0 Å². The van der Waals surface area contributed by atoms with Crippen LogP contribution in [-0.2, 0) is 0 Å². The fourth-order valence-corrected chi connectivity index (χ4v) is 3.24. The number of benzene rings is 2. The standard InChI is InChI=1S/C23H27N3/c1-17(2)21(22(24)19-12-9-15-25-16-19)23(18-10-5-3-6-11-18)26-20-13-7-4-8-14-20/h3-8,10-14,17,25H,9,15-16,24H2,1-2H3/b22-21-,26-23?. The summed E-state index contributed by atoms with van der Waals surface area (Å²) in [6.07, 6.45) is 3.26. The Kier molecular flexibility index (Phi) is 6.03. The van der Waals surface area contributed by atoms with Crippen LogP contribution in [0.5, 0.6) is 0 Å². The number of hydrogen-bond donors (Lipinski definition) is 2. The maximum Gasteiger partial charge on any atom is 0.0764 e. The highest BCUT2D eigenvalue weighted by atomic mass is 14.9. The molecule has 0 spiro atoms. The van der Waals surface area contributed by atoms with Gasteiger partial charge in [-0.05, 0) is 36.6 Å².